The van der Waals surface area contributed by atoms with Gasteiger partial charge in [-0.3, -0.25) is 0 Å². The summed E-state index contributed by atoms with van der Waals surface area (Å²) >= 11 is 0. The average molecular weight is 397 g/mol. The van der Waals surface area contributed by atoms with Gasteiger partial charge in [0.05, 0.1) is 0 Å². The van der Waals surface area contributed by atoms with E-state index in [9.17, 15) is 4.39 Å². The smallest absolute Gasteiger partial charge is 0.133 e. The Morgan fingerprint density at radius 3 is 2.37 bits per heavy atom. The zero-order valence-electron chi connectivity index (χ0n) is 17.8. The Morgan fingerprint density at radius 1 is 0.933 bits per heavy atom. The van der Waals surface area contributed by atoms with E-state index < -0.39 is 0 Å². The lowest BCUT2D eigenvalue weighted by atomic mass is 9.77. The number of hydrogen-bond donors (Lipinski definition) is 0. The molecule has 0 aliphatic heterocycles. The van der Waals surface area contributed by atoms with Crippen molar-refractivity contribution in [3.05, 3.63) is 95.3 Å². The van der Waals surface area contributed by atoms with Crippen LogP contribution in [0.25, 0.3) is 10.8 Å². The van der Waals surface area contributed by atoms with Gasteiger partial charge in [0, 0.05) is 16.5 Å². The summed E-state index contributed by atoms with van der Waals surface area (Å²) in [4.78, 5) is 0. The second-order valence-electron chi connectivity index (χ2n) is 8.59. The zero-order valence-corrected chi connectivity index (χ0v) is 17.8. The summed E-state index contributed by atoms with van der Waals surface area (Å²) in [6, 6.07) is 18.2. The van der Waals surface area contributed by atoms with Gasteiger partial charge >= 0.3 is 0 Å². The second kappa shape index (κ2) is 9.31. The molecule has 0 aromatic heterocycles. The number of benzene rings is 3. The van der Waals surface area contributed by atoms with Gasteiger partial charge in [-0.15, -0.1) is 6.58 Å². The van der Waals surface area contributed by atoms with E-state index in [1.165, 1.54) is 37.7 Å². The summed E-state index contributed by atoms with van der Waals surface area (Å²) in [6.45, 7) is 5.64. The van der Waals surface area contributed by atoms with Crippen LogP contribution in [0.1, 0.15) is 66.7 Å². The summed E-state index contributed by atoms with van der Waals surface area (Å²) in [5, 5.41) is 1.55. The molecule has 1 fully saturated rings. The first-order chi connectivity index (χ1) is 14.6. The molecule has 0 heterocycles. The Labute approximate surface area is 179 Å². The minimum atomic E-state index is -0.141. The van der Waals surface area contributed by atoms with E-state index in [4.69, 9.17) is 0 Å². The van der Waals surface area contributed by atoms with Crippen LogP contribution in [0.3, 0.4) is 0 Å². The molecule has 0 amide bonds. The summed E-state index contributed by atoms with van der Waals surface area (Å²) < 4.78 is 14.2. The largest absolute Gasteiger partial charge is 0.206 e. The van der Waals surface area contributed by atoms with Crippen LogP contribution in [0, 0.1) is 30.5 Å². The Hall–Kier alpha value is -2.85. The quantitative estimate of drug-likeness (QED) is 0.310. The van der Waals surface area contributed by atoms with Crippen molar-refractivity contribution in [1.29, 1.82) is 0 Å². The maximum atomic E-state index is 14.2. The lowest BCUT2D eigenvalue weighted by molar-refractivity contribution is 0.312. The third kappa shape index (κ3) is 4.65. The van der Waals surface area contributed by atoms with Crippen molar-refractivity contribution >= 4 is 10.8 Å². The molecule has 30 heavy (non-hydrogen) atoms. The molecule has 0 radical (unpaired) electrons. The predicted molar refractivity (Wildman–Crippen MR) is 125 cm³/mol. The standard InChI is InChI=1S/C29H29F/c1-3-4-5-22-9-15-25(16-10-22)26-17-11-23(12-18-26)7-8-24-13-19-28-27(20-24)14-6-21(2)29(28)30/h3,6,11-14,17-20,22,25H,1,4-5,9-10,15-16H2,2H3. The van der Waals surface area contributed by atoms with E-state index >= 15 is 0 Å². The Morgan fingerprint density at radius 2 is 1.63 bits per heavy atom. The van der Waals surface area contributed by atoms with Crippen molar-refractivity contribution in [2.75, 3.05) is 0 Å². The molecule has 4 rings (SSSR count). The van der Waals surface area contributed by atoms with Crippen LogP contribution in [-0.4, -0.2) is 0 Å². The third-order valence-corrected chi connectivity index (χ3v) is 6.51. The molecule has 3 aromatic carbocycles. The number of hydrogen-bond acceptors (Lipinski definition) is 0. The third-order valence-electron chi connectivity index (χ3n) is 6.51. The summed E-state index contributed by atoms with van der Waals surface area (Å²) in [5.41, 5.74) is 4.05. The summed E-state index contributed by atoms with van der Waals surface area (Å²) in [5.74, 6) is 7.91. The van der Waals surface area contributed by atoms with Crippen LogP contribution >= 0.6 is 0 Å². The summed E-state index contributed by atoms with van der Waals surface area (Å²) in [7, 11) is 0. The molecule has 0 spiro atoms. The monoisotopic (exact) mass is 396 g/mol. The van der Waals surface area contributed by atoms with Crippen molar-refractivity contribution in [3.63, 3.8) is 0 Å². The van der Waals surface area contributed by atoms with E-state index in [0.717, 1.165) is 28.9 Å². The molecule has 0 unspecified atom stereocenters. The number of halogens is 1. The zero-order chi connectivity index (χ0) is 20.9. The Kier molecular flexibility index (Phi) is 6.34. The maximum absolute atomic E-state index is 14.2. The Balaban J connectivity index is 1.42. The molecule has 1 aliphatic carbocycles. The van der Waals surface area contributed by atoms with Crippen LogP contribution in [-0.2, 0) is 0 Å². The number of rotatable bonds is 4. The lowest BCUT2D eigenvalue weighted by Crippen LogP contribution is -2.13. The maximum Gasteiger partial charge on any atom is 0.133 e. The van der Waals surface area contributed by atoms with Gasteiger partial charge in [-0.25, -0.2) is 4.39 Å². The lowest BCUT2D eigenvalue weighted by Gasteiger charge is -2.28. The first-order valence-corrected chi connectivity index (χ1v) is 11.1. The number of fused-ring (bicyclic) bond motifs is 1. The van der Waals surface area contributed by atoms with E-state index in [1.807, 2.05) is 36.4 Å². The molecular formula is C29H29F. The van der Waals surface area contributed by atoms with Crippen molar-refractivity contribution in [2.24, 2.45) is 5.92 Å². The van der Waals surface area contributed by atoms with E-state index in [0.29, 0.717) is 16.9 Å². The molecule has 0 nitrogen and oxygen atoms in total. The second-order valence-corrected chi connectivity index (χ2v) is 8.59. The van der Waals surface area contributed by atoms with Gasteiger partial charge < -0.3 is 0 Å². The van der Waals surface area contributed by atoms with Gasteiger partial charge in [-0.05, 0) is 98.1 Å². The van der Waals surface area contributed by atoms with Crippen LogP contribution in [0.5, 0.6) is 0 Å². The van der Waals surface area contributed by atoms with Crippen molar-refractivity contribution < 1.29 is 4.39 Å². The van der Waals surface area contributed by atoms with Gasteiger partial charge in [-0.2, -0.15) is 0 Å². The topological polar surface area (TPSA) is 0 Å². The van der Waals surface area contributed by atoms with Crippen molar-refractivity contribution in [3.8, 4) is 11.8 Å². The van der Waals surface area contributed by atoms with Crippen molar-refractivity contribution in [1.82, 2.24) is 0 Å². The molecular weight excluding hydrogens is 367 g/mol. The molecule has 1 saturated carbocycles. The molecule has 0 bridgehead atoms. The van der Waals surface area contributed by atoms with Gasteiger partial charge in [0.15, 0.2) is 0 Å². The average Bonchev–Trinajstić information content (AvgIpc) is 2.79. The highest BCUT2D eigenvalue weighted by molar-refractivity contribution is 5.85. The number of aryl methyl sites for hydroxylation is 1. The molecule has 0 N–H and O–H groups in total. The van der Waals surface area contributed by atoms with Crippen LogP contribution in [0.4, 0.5) is 4.39 Å². The normalized spacial score (nSPS) is 18.6. The van der Waals surface area contributed by atoms with Gasteiger partial charge in [0.1, 0.15) is 5.82 Å². The van der Waals surface area contributed by atoms with Gasteiger partial charge in [-0.1, -0.05) is 48.2 Å². The predicted octanol–water partition coefficient (Wildman–Crippen LogP) is 7.93. The molecule has 152 valence electrons. The van der Waals surface area contributed by atoms with Crippen LogP contribution in [0.15, 0.2) is 67.3 Å². The SMILES string of the molecule is C=CCCC1CCC(c2ccc(C#Cc3ccc4c(F)c(C)ccc4c3)cc2)CC1. The van der Waals surface area contributed by atoms with Gasteiger partial charge in [0.25, 0.3) is 0 Å². The fourth-order valence-corrected chi connectivity index (χ4v) is 4.60. The van der Waals surface area contributed by atoms with E-state index in [2.05, 4.69) is 42.7 Å². The van der Waals surface area contributed by atoms with Crippen LogP contribution < -0.4 is 0 Å². The highest BCUT2D eigenvalue weighted by Crippen LogP contribution is 2.37. The molecule has 0 atom stereocenters. The van der Waals surface area contributed by atoms with E-state index in [1.54, 1.807) is 6.92 Å². The van der Waals surface area contributed by atoms with E-state index in [-0.39, 0.29) is 5.82 Å². The minimum Gasteiger partial charge on any atom is -0.206 e. The highest BCUT2D eigenvalue weighted by Gasteiger charge is 2.21. The molecule has 3 aromatic rings. The van der Waals surface area contributed by atoms with Crippen LogP contribution in [0.2, 0.25) is 0 Å². The number of allylic oxidation sites excluding steroid dienone is 1. The first kappa shape index (κ1) is 20.4. The first-order valence-electron chi connectivity index (χ1n) is 11.1. The highest BCUT2D eigenvalue weighted by atomic mass is 19.1. The summed E-state index contributed by atoms with van der Waals surface area (Å²) in [6.07, 6.45) is 9.74. The molecule has 1 aliphatic rings. The van der Waals surface area contributed by atoms with Crippen molar-refractivity contribution in [2.45, 2.75) is 51.4 Å². The van der Waals surface area contributed by atoms with Gasteiger partial charge in [0.2, 0.25) is 0 Å². The molecule has 0 saturated heterocycles. The fourth-order valence-electron chi connectivity index (χ4n) is 4.60. The fraction of sp³-hybridized carbons (Fsp3) is 0.310. The minimum absolute atomic E-state index is 0.141. The molecule has 1 heteroatoms. The Bertz CT molecular complexity index is 1090.